The van der Waals surface area contributed by atoms with Gasteiger partial charge in [0.15, 0.2) is 5.96 Å². The van der Waals surface area contributed by atoms with Gasteiger partial charge in [0, 0.05) is 40.0 Å². The fourth-order valence-corrected chi connectivity index (χ4v) is 2.84. The number of aliphatic imine (C=N–C) groups is 1. The SMILES string of the molecule is CCOCCCNC(=NC)NCCCCOC1CCCCCC1.I. The first-order valence-corrected chi connectivity index (χ1v) is 9.50. The second-order valence-electron chi connectivity index (χ2n) is 6.17. The molecule has 0 amide bonds. The molecule has 0 radical (unpaired) electrons. The zero-order valence-electron chi connectivity index (χ0n) is 15.6. The minimum absolute atomic E-state index is 0. The van der Waals surface area contributed by atoms with Gasteiger partial charge in [0.2, 0.25) is 0 Å². The van der Waals surface area contributed by atoms with Gasteiger partial charge in [-0.25, -0.2) is 0 Å². The number of guanidine groups is 1. The lowest BCUT2D eigenvalue weighted by Gasteiger charge is -2.15. The van der Waals surface area contributed by atoms with Gasteiger partial charge in [0.25, 0.3) is 0 Å². The average molecular weight is 455 g/mol. The molecule has 1 aliphatic carbocycles. The summed E-state index contributed by atoms with van der Waals surface area (Å²) in [6, 6.07) is 0. The maximum Gasteiger partial charge on any atom is 0.190 e. The van der Waals surface area contributed by atoms with E-state index in [-0.39, 0.29) is 24.0 Å². The molecule has 2 N–H and O–H groups in total. The summed E-state index contributed by atoms with van der Waals surface area (Å²) in [5, 5.41) is 6.66. The molecule has 1 rings (SSSR count). The van der Waals surface area contributed by atoms with Crippen molar-refractivity contribution in [1.29, 1.82) is 0 Å². The molecule has 0 bridgehead atoms. The standard InChI is InChI=1S/C18H37N3O2.HI/c1-3-22-15-10-14-21-18(19-2)20-13-8-9-16-23-17-11-6-4-5-7-12-17;/h17H,3-16H2,1-2H3,(H2,19,20,21);1H. The number of rotatable bonds is 11. The van der Waals surface area contributed by atoms with Crippen molar-refractivity contribution < 1.29 is 9.47 Å². The van der Waals surface area contributed by atoms with Crippen LogP contribution in [-0.4, -0.2) is 52.0 Å². The van der Waals surface area contributed by atoms with E-state index in [2.05, 4.69) is 15.6 Å². The molecule has 0 heterocycles. The minimum atomic E-state index is 0. The van der Waals surface area contributed by atoms with Crippen LogP contribution in [0.1, 0.15) is 64.7 Å². The van der Waals surface area contributed by atoms with Crippen LogP contribution in [0.4, 0.5) is 0 Å². The van der Waals surface area contributed by atoms with Gasteiger partial charge < -0.3 is 20.1 Å². The molecular weight excluding hydrogens is 417 g/mol. The van der Waals surface area contributed by atoms with E-state index in [1.165, 1.54) is 38.5 Å². The van der Waals surface area contributed by atoms with Gasteiger partial charge in [-0.1, -0.05) is 25.7 Å². The number of unbranched alkanes of at least 4 members (excludes halogenated alkanes) is 1. The molecule has 1 saturated carbocycles. The Kier molecular flexibility index (Phi) is 17.7. The van der Waals surface area contributed by atoms with Crippen LogP contribution in [0.5, 0.6) is 0 Å². The van der Waals surface area contributed by atoms with Crippen LogP contribution in [0.15, 0.2) is 4.99 Å². The average Bonchev–Trinajstić information content (AvgIpc) is 2.84. The number of nitrogens with one attached hydrogen (secondary N) is 2. The number of nitrogens with zero attached hydrogens (tertiary/aromatic N) is 1. The molecule has 0 aliphatic heterocycles. The summed E-state index contributed by atoms with van der Waals surface area (Å²) < 4.78 is 11.3. The molecule has 0 atom stereocenters. The lowest BCUT2D eigenvalue weighted by molar-refractivity contribution is 0.0411. The number of ether oxygens (including phenoxy) is 2. The molecule has 1 fully saturated rings. The van der Waals surface area contributed by atoms with Gasteiger partial charge in [-0.3, -0.25) is 4.99 Å². The molecule has 0 unspecified atom stereocenters. The molecule has 0 aromatic carbocycles. The normalized spacial score (nSPS) is 16.3. The van der Waals surface area contributed by atoms with Crippen LogP contribution in [0.2, 0.25) is 0 Å². The summed E-state index contributed by atoms with van der Waals surface area (Å²) in [7, 11) is 1.81. The minimum Gasteiger partial charge on any atom is -0.382 e. The van der Waals surface area contributed by atoms with E-state index in [0.717, 1.165) is 58.1 Å². The Hall–Kier alpha value is -0.0800. The first kappa shape index (κ1) is 23.9. The third kappa shape index (κ3) is 13.2. The van der Waals surface area contributed by atoms with Gasteiger partial charge in [0.1, 0.15) is 0 Å². The number of hydrogen-bond donors (Lipinski definition) is 2. The maximum absolute atomic E-state index is 6.01. The Balaban J connectivity index is 0.00000529. The zero-order chi connectivity index (χ0) is 16.6. The molecule has 1 aliphatic rings. The van der Waals surface area contributed by atoms with Crippen molar-refractivity contribution in [3.8, 4) is 0 Å². The fraction of sp³-hybridized carbons (Fsp3) is 0.944. The number of hydrogen-bond acceptors (Lipinski definition) is 3. The Bertz CT molecular complexity index is 296. The van der Waals surface area contributed by atoms with Crippen LogP contribution < -0.4 is 10.6 Å². The van der Waals surface area contributed by atoms with E-state index < -0.39 is 0 Å². The lowest BCUT2D eigenvalue weighted by atomic mass is 10.1. The molecular formula is C18H38IN3O2. The van der Waals surface area contributed by atoms with E-state index in [4.69, 9.17) is 9.47 Å². The second-order valence-corrected chi connectivity index (χ2v) is 6.17. The largest absolute Gasteiger partial charge is 0.382 e. The fourth-order valence-electron chi connectivity index (χ4n) is 2.84. The molecule has 24 heavy (non-hydrogen) atoms. The summed E-state index contributed by atoms with van der Waals surface area (Å²) in [5.41, 5.74) is 0. The van der Waals surface area contributed by atoms with Gasteiger partial charge in [0.05, 0.1) is 6.10 Å². The third-order valence-corrected chi connectivity index (χ3v) is 4.20. The predicted octanol–water partition coefficient (Wildman–Crippen LogP) is 3.72. The summed E-state index contributed by atoms with van der Waals surface area (Å²) in [5.74, 6) is 0.881. The van der Waals surface area contributed by atoms with Crippen molar-refractivity contribution in [3.63, 3.8) is 0 Å². The zero-order valence-corrected chi connectivity index (χ0v) is 18.0. The van der Waals surface area contributed by atoms with Crippen molar-refractivity contribution in [1.82, 2.24) is 10.6 Å². The van der Waals surface area contributed by atoms with Gasteiger partial charge in [-0.2, -0.15) is 0 Å². The van der Waals surface area contributed by atoms with E-state index in [0.29, 0.717) is 6.10 Å². The summed E-state index contributed by atoms with van der Waals surface area (Å²) in [6.07, 6.45) is 11.7. The Morgan fingerprint density at radius 3 is 2.25 bits per heavy atom. The molecule has 0 saturated heterocycles. The van der Waals surface area contributed by atoms with Gasteiger partial charge >= 0.3 is 0 Å². The van der Waals surface area contributed by atoms with Crippen molar-refractivity contribution in [3.05, 3.63) is 0 Å². The Morgan fingerprint density at radius 2 is 1.62 bits per heavy atom. The Morgan fingerprint density at radius 1 is 0.958 bits per heavy atom. The van der Waals surface area contributed by atoms with E-state index in [9.17, 15) is 0 Å². The van der Waals surface area contributed by atoms with Gasteiger partial charge in [-0.15, -0.1) is 24.0 Å². The van der Waals surface area contributed by atoms with Crippen LogP contribution >= 0.6 is 24.0 Å². The second kappa shape index (κ2) is 17.7. The first-order valence-electron chi connectivity index (χ1n) is 9.50. The summed E-state index contributed by atoms with van der Waals surface area (Å²) in [4.78, 5) is 4.23. The van der Waals surface area contributed by atoms with Crippen molar-refractivity contribution in [2.75, 3.05) is 40.0 Å². The topological polar surface area (TPSA) is 54.9 Å². The van der Waals surface area contributed by atoms with Crippen LogP contribution in [0, 0.1) is 0 Å². The van der Waals surface area contributed by atoms with Crippen LogP contribution in [-0.2, 0) is 9.47 Å². The smallest absolute Gasteiger partial charge is 0.190 e. The number of halogens is 1. The summed E-state index contributed by atoms with van der Waals surface area (Å²) in [6.45, 7) is 6.35. The van der Waals surface area contributed by atoms with E-state index in [1.54, 1.807) is 0 Å². The monoisotopic (exact) mass is 455 g/mol. The van der Waals surface area contributed by atoms with Crippen molar-refractivity contribution in [2.24, 2.45) is 4.99 Å². The van der Waals surface area contributed by atoms with E-state index >= 15 is 0 Å². The van der Waals surface area contributed by atoms with Crippen LogP contribution in [0.3, 0.4) is 0 Å². The molecule has 144 valence electrons. The highest BCUT2D eigenvalue weighted by molar-refractivity contribution is 14.0. The molecule has 0 spiro atoms. The van der Waals surface area contributed by atoms with Crippen LogP contribution in [0.25, 0.3) is 0 Å². The summed E-state index contributed by atoms with van der Waals surface area (Å²) >= 11 is 0. The molecule has 5 nitrogen and oxygen atoms in total. The highest BCUT2D eigenvalue weighted by Gasteiger charge is 2.11. The quantitative estimate of drug-likeness (QED) is 0.164. The third-order valence-electron chi connectivity index (χ3n) is 4.20. The molecule has 0 aromatic heterocycles. The van der Waals surface area contributed by atoms with E-state index in [1.807, 2.05) is 14.0 Å². The molecule has 0 aromatic rings. The van der Waals surface area contributed by atoms with Gasteiger partial charge in [-0.05, 0) is 39.0 Å². The maximum atomic E-state index is 6.01. The molecule has 6 heteroatoms. The Labute approximate surface area is 165 Å². The highest BCUT2D eigenvalue weighted by Crippen LogP contribution is 2.19. The van der Waals surface area contributed by atoms with Crippen molar-refractivity contribution >= 4 is 29.9 Å². The van der Waals surface area contributed by atoms with Crippen molar-refractivity contribution in [2.45, 2.75) is 70.8 Å². The lowest BCUT2D eigenvalue weighted by Crippen LogP contribution is -2.38. The first-order chi connectivity index (χ1) is 11.4. The predicted molar refractivity (Wildman–Crippen MR) is 113 cm³/mol. The highest BCUT2D eigenvalue weighted by atomic mass is 127.